The first-order chi connectivity index (χ1) is 9.93. The van der Waals surface area contributed by atoms with Crippen molar-refractivity contribution in [3.05, 3.63) is 29.8 Å². The van der Waals surface area contributed by atoms with E-state index in [1.54, 1.807) is 0 Å². The summed E-state index contributed by atoms with van der Waals surface area (Å²) in [6.45, 7) is 5.97. The molecular formula is C17H25NO3. The van der Waals surface area contributed by atoms with Crippen LogP contribution < -0.4 is 10.1 Å². The van der Waals surface area contributed by atoms with Crippen molar-refractivity contribution in [2.75, 3.05) is 0 Å². The highest BCUT2D eigenvalue weighted by atomic mass is 16.5. The molecule has 116 valence electrons. The first-order valence-electron chi connectivity index (χ1n) is 7.66. The Morgan fingerprint density at radius 3 is 2.76 bits per heavy atom. The lowest BCUT2D eigenvalue weighted by Gasteiger charge is -2.39. The van der Waals surface area contributed by atoms with Crippen LogP contribution in [0.5, 0.6) is 5.75 Å². The van der Waals surface area contributed by atoms with Crippen LogP contribution in [-0.2, 0) is 4.79 Å². The average Bonchev–Trinajstić information content (AvgIpc) is 2.41. The molecule has 2 N–H and O–H groups in total. The summed E-state index contributed by atoms with van der Waals surface area (Å²) in [5.41, 5.74) is 0.223. The number of ether oxygens (including phenoxy) is 1. The van der Waals surface area contributed by atoms with Gasteiger partial charge in [-0.1, -0.05) is 18.2 Å². The minimum absolute atomic E-state index is 0.0535. The maximum Gasteiger partial charge on any atom is 0.324 e. The van der Waals surface area contributed by atoms with Crippen molar-refractivity contribution in [2.24, 2.45) is 0 Å². The third kappa shape index (κ3) is 3.76. The van der Waals surface area contributed by atoms with Gasteiger partial charge < -0.3 is 9.84 Å². The van der Waals surface area contributed by atoms with E-state index in [1.807, 2.05) is 45.0 Å². The van der Waals surface area contributed by atoms with E-state index in [2.05, 4.69) is 5.32 Å². The molecule has 2 atom stereocenters. The highest BCUT2D eigenvalue weighted by Gasteiger charge is 2.44. The SMILES string of the molecule is Cc1ccccc1OC1CCCC(NC(C)C)(C(=O)O)C1. The monoisotopic (exact) mass is 291 g/mol. The van der Waals surface area contributed by atoms with Crippen molar-refractivity contribution in [1.29, 1.82) is 0 Å². The van der Waals surface area contributed by atoms with Crippen LogP contribution in [0.2, 0.25) is 0 Å². The molecule has 1 aromatic carbocycles. The highest BCUT2D eigenvalue weighted by Crippen LogP contribution is 2.32. The number of benzene rings is 1. The molecule has 0 bridgehead atoms. The van der Waals surface area contributed by atoms with Crippen LogP contribution in [0, 0.1) is 6.92 Å². The van der Waals surface area contributed by atoms with Gasteiger partial charge in [0.1, 0.15) is 17.4 Å². The number of hydrogen-bond donors (Lipinski definition) is 2. The van der Waals surface area contributed by atoms with Crippen LogP contribution in [0.25, 0.3) is 0 Å². The molecule has 1 fully saturated rings. The van der Waals surface area contributed by atoms with Gasteiger partial charge in [-0.05, 0) is 51.7 Å². The van der Waals surface area contributed by atoms with Crippen LogP contribution in [0.4, 0.5) is 0 Å². The molecule has 1 aliphatic rings. The Bertz CT molecular complexity index is 501. The second kappa shape index (κ2) is 6.48. The number of carboxylic acids is 1. The molecule has 0 aliphatic heterocycles. The number of carboxylic acid groups (broad SMARTS) is 1. The van der Waals surface area contributed by atoms with Gasteiger partial charge >= 0.3 is 5.97 Å². The van der Waals surface area contributed by atoms with Gasteiger partial charge in [-0.3, -0.25) is 10.1 Å². The number of aryl methyl sites for hydroxylation is 1. The zero-order valence-corrected chi connectivity index (χ0v) is 13.1. The van der Waals surface area contributed by atoms with Crippen molar-refractivity contribution in [1.82, 2.24) is 5.32 Å². The summed E-state index contributed by atoms with van der Waals surface area (Å²) in [5.74, 6) is 0.0857. The minimum atomic E-state index is -0.861. The van der Waals surface area contributed by atoms with Gasteiger partial charge in [-0.15, -0.1) is 0 Å². The molecule has 0 saturated heterocycles. The standard InChI is InChI=1S/C17H25NO3/c1-12(2)18-17(16(19)20)10-6-8-14(11-17)21-15-9-5-4-7-13(15)3/h4-5,7,9,12,14,18H,6,8,10-11H2,1-3H3,(H,19,20). The Morgan fingerprint density at radius 1 is 1.43 bits per heavy atom. The molecule has 21 heavy (non-hydrogen) atoms. The lowest BCUT2D eigenvalue weighted by atomic mass is 9.79. The van der Waals surface area contributed by atoms with Crippen LogP contribution in [0.3, 0.4) is 0 Å². The lowest BCUT2D eigenvalue weighted by molar-refractivity contribution is -0.148. The molecule has 0 aromatic heterocycles. The van der Waals surface area contributed by atoms with Crippen molar-refractivity contribution in [3.63, 3.8) is 0 Å². The van der Waals surface area contributed by atoms with E-state index in [1.165, 1.54) is 0 Å². The zero-order chi connectivity index (χ0) is 15.5. The van der Waals surface area contributed by atoms with Gasteiger partial charge in [0.15, 0.2) is 0 Å². The highest BCUT2D eigenvalue weighted by molar-refractivity contribution is 5.79. The molecule has 1 aliphatic carbocycles. The van der Waals surface area contributed by atoms with Crippen LogP contribution in [0.1, 0.15) is 45.1 Å². The topological polar surface area (TPSA) is 58.6 Å². The van der Waals surface area contributed by atoms with Crippen LogP contribution in [0.15, 0.2) is 24.3 Å². The Kier molecular flexibility index (Phi) is 4.88. The summed E-state index contributed by atoms with van der Waals surface area (Å²) in [6.07, 6.45) is 2.89. The van der Waals surface area contributed by atoms with E-state index in [0.29, 0.717) is 12.8 Å². The molecule has 0 spiro atoms. The largest absolute Gasteiger partial charge is 0.490 e. The molecule has 1 saturated carbocycles. The Balaban J connectivity index is 2.12. The Hall–Kier alpha value is -1.55. The molecular weight excluding hydrogens is 266 g/mol. The summed E-state index contributed by atoms with van der Waals surface area (Å²) in [6, 6.07) is 8.02. The maximum atomic E-state index is 11.8. The normalized spacial score (nSPS) is 25.8. The number of hydrogen-bond acceptors (Lipinski definition) is 3. The van der Waals surface area contributed by atoms with Crippen molar-refractivity contribution >= 4 is 5.97 Å². The summed E-state index contributed by atoms with van der Waals surface area (Å²) in [7, 11) is 0. The first-order valence-corrected chi connectivity index (χ1v) is 7.66. The van der Waals surface area contributed by atoms with Gasteiger partial charge in [0, 0.05) is 12.5 Å². The van der Waals surface area contributed by atoms with Gasteiger partial charge in [0.25, 0.3) is 0 Å². The summed E-state index contributed by atoms with van der Waals surface area (Å²) < 4.78 is 6.07. The molecule has 4 nitrogen and oxygen atoms in total. The Morgan fingerprint density at radius 2 is 2.14 bits per heavy atom. The second-order valence-corrected chi connectivity index (χ2v) is 6.29. The molecule has 4 heteroatoms. The van der Waals surface area contributed by atoms with Gasteiger partial charge in [-0.25, -0.2) is 0 Å². The van der Waals surface area contributed by atoms with Gasteiger partial charge in [0.05, 0.1) is 0 Å². The molecule has 0 amide bonds. The lowest BCUT2D eigenvalue weighted by Crippen LogP contribution is -2.58. The minimum Gasteiger partial charge on any atom is -0.490 e. The fourth-order valence-electron chi connectivity index (χ4n) is 3.13. The molecule has 2 rings (SSSR count). The number of carbonyl (C=O) groups is 1. The van der Waals surface area contributed by atoms with E-state index < -0.39 is 11.5 Å². The van der Waals surface area contributed by atoms with Crippen LogP contribution in [-0.4, -0.2) is 28.8 Å². The number of para-hydroxylation sites is 1. The van der Waals surface area contributed by atoms with E-state index in [4.69, 9.17) is 4.74 Å². The predicted molar refractivity (Wildman–Crippen MR) is 82.7 cm³/mol. The maximum absolute atomic E-state index is 11.8. The molecule has 2 unspecified atom stereocenters. The first kappa shape index (κ1) is 15.8. The quantitative estimate of drug-likeness (QED) is 0.875. The zero-order valence-electron chi connectivity index (χ0n) is 13.1. The third-order valence-corrected chi connectivity index (χ3v) is 4.07. The Labute approximate surface area is 126 Å². The van der Waals surface area contributed by atoms with E-state index in [0.717, 1.165) is 24.2 Å². The summed E-state index contributed by atoms with van der Waals surface area (Å²) in [5, 5.41) is 12.9. The molecule has 0 radical (unpaired) electrons. The number of rotatable bonds is 5. The van der Waals surface area contributed by atoms with Crippen LogP contribution >= 0.6 is 0 Å². The second-order valence-electron chi connectivity index (χ2n) is 6.29. The fraction of sp³-hybridized carbons (Fsp3) is 0.588. The van der Waals surface area contributed by atoms with Gasteiger partial charge in [0.2, 0.25) is 0 Å². The van der Waals surface area contributed by atoms with E-state index in [9.17, 15) is 9.90 Å². The van der Waals surface area contributed by atoms with Crippen molar-refractivity contribution < 1.29 is 14.6 Å². The fourth-order valence-corrected chi connectivity index (χ4v) is 3.13. The number of nitrogens with one attached hydrogen (secondary N) is 1. The third-order valence-electron chi connectivity index (χ3n) is 4.07. The van der Waals surface area contributed by atoms with E-state index in [-0.39, 0.29) is 12.1 Å². The van der Waals surface area contributed by atoms with E-state index >= 15 is 0 Å². The predicted octanol–water partition coefficient (Wildman–Crippen LogP) is 3.14. The van der Waals surface area contributed by atoms with Gasteiger partial charge in [-0.2, -0.15) is 0 Å². The number of aliphatic carboxylic acids is 1. The van der Waals surface area contributed by atoms with Crippen molar-refractivity contribution in [2.45, 2.75) is 64.1 Å². The smallest absolute Gasteiger partial charge is 0.324 e. The van der Waals surface area contributed by atoms with Crippen molar-refractivity contribution in [3.8, 4) is 5.75 Å². The summed E-state index contributed by atoms with van der Waals surface area (Å²) in [4.78, 5) is 11.8. The average molecular weight is 291 g/mol. The summed E-state index contributed by atoms with van der Waals surface area (Å²) >= 11 is 0. The molecule has 1 aromatic rings. The molecule has 0 heterocycles.